The number of esters is 1. The molecular formula is C27H26N2O7S. The van der Waals surface area contributed by atoms with Gasteiger partial charge < -0.3 is 19.7 Å². The second-order valence-corrected chi connectivity index (χ2v) is 9.87. The van der Waals surface area contributed by atoms with Crippen LogP contribution in [0.5, 0.6) is 11.5 Å². The Morgan fingerprint density at radius 2 is 1.76 bits per heavy atom. The van der Waals surface area contributed by atoms with Crippen LogP contribution < -0.4 is 9.64 Å². The molecule has 1 aliphatic rings. The number of nitrogens with zero attached hydrogens (tertiary/aromatic N) is 2. The number of methoxy groups -OCH3 is 1. The Balaban J connectivity index is 1.83. The van der Waals surface area contributed by atoms with E-state index in [0.29, 0.717) is 35.1 Å². The van der Waals surface area contributed by atoms with Crippen LogP contribution in [0.1, 0.15) is 46.4 Å². The van der Waals surface area contributed by atoms with Crippen molar-refractivity contribution in [2.45, 2.75) is 26.8 Å². The van der Waals surface area contributed by atoms with Gasteiger partial charge in [-0.15, -0.1) is 0 Å². The van der Waals surface area contributed by atoms with Crippen LogP contribution in [0.2, 0.25) is 0 Å². The Morgan fingerprint density at radius 3 is 2.35 bits per heavy atom. The molecule has 192 valence electrons. The maximum Gasteiger partial charge on any atom is 0.350 e. The number of aryl methyl sites for hydroxylation is 1. The molecular weight excluding hydrogens is 496 g/mol. The zero-order chi connectivity index (χ0) is 26.9. The summed E-state index contributed by atoms with van der Waals surface area (Å²) in [7, 11) is 1.24. The number of rotatable bonds is 7. The lowest BCUT2D eigenvalue weighted by atomic mass is 9.95. The van der Waals surface area contributed by atoms with Gasteiger partial charge >= 0.3 is 11.9 Å². The molecule has 2 N–H and O–H groups in total. The zero-order valence-electron chi connectivity index (χ0n) is 20.7. The first-order chi connectivity index (χ1) is 17.6. The average molecular weight is 523 g/mol. The van der Waals surface area contributed by atoms with Gasteiger partial charge in [0.1, 0.15) is 22.1 Å². The minimum Gasteiger partial charge on any atom is -0.508 e. The lowest BCUT2D eigenvalue weighted by Gasteiger charge is -2.23. The summed E-state index contributed by atoms with van der Waals surface area (Å²) in [6.07, 6.45) is 0. The van der Waals surface area contributed by atoms with Crippen LogP contribution in [0.4, 0.5) is 5.13 Å². The third-order valence-electron chi connectivity index (χ3n) is 5.73. The van der Waals surface area contributed by atoms with E-state index in [4.69, 9.17) is 9.47 Å². The van der Waals surface area contributed by atoms with Crippen molar-refractivity contribution < 1.29 is 34.1 Å². The van der Waals surface area contributed by atoms with Crippen LogP contribution >= 0.6 is 11.3 Å². The number of ketones is 1. The molecule has 0 saturated carbocycles. The van der Waals surface area contributed by atoms with E-state index in [-0.39, 0.29) is 27.1 Å². The third kappa shape index (κ3) is 5.05. The molecule has 1 aliphatic heterocycles. The van der Waals surface area contributed by atoms with Crippen molar-refractivity contribution >= 4 is 39.9 Å². The van der Waals surface area contributed by atoms with E-state index in [9.17, 15) is 24.6 Å². The number of hydrogen-bond acceptors (Lipinski definition) is 9. The van der Waals surface area contributed by atoms with Gasteiger partial charge in [0.05, 0.1) is 31.0 Å². The summed E-state index contributed by atoms with van der Waals surface area (Å²) >= 11 is 0.913. The predicted octanol–water partition coefficient (Wildman–Crippen LogP) is 4.60. The highest BCUT2D eigenvalue weighted by Crippen LogP contribution is 2.44. The normalized spacial score (nSPS) is 16.9. The average Bonchev–Trinajstić information content (AvgIpc) is 3.39. The summed E-state index contributed by atoms with van der Waals surface area (Å²) in [6, 6.07) is 11.5. The van der Waals surface area contributed by atoms with Gasteiger partial charge in [-0.2, -0.15) is 0 Å². The molecule has 1 amide bonds. The van der Waals surface area contributed by atoms with Crippen molar-refractivity contribution in [2.24, 2.45) is 5.92 Å². The molecule has 1 unspecified atom stereocenters. The Bertz CT molecular complexity index is 1370. The van der Waals surface area contributed by atoms with Crippen LogP contribution in [0.3, 0.4) is 0 Å². The summed E-state index contributed by atoms with van der Waals surface area (Å²) < 4.78 is 10.5. The number of phenolic OH excluding ortho intramolecular Hbond substituents is 1. The smallest absolute Gasteiger partial charge is 0.350 e. The van der Waals surface area contributed by atoms with Crippen LogP contribution in [0.15, 0.2) is 54.1 Å². The molecule has 2 aromatic carbocycles. The number of Topliss-reactive ketones (excluding diaryl/α,β-unsaturated/α-hetero) is 1. The highest BCUT2D eigenvalue weighted by molar-refractivity contribution is 7.17. The first-order valence-electron chi connectivity index (χ1n) is 11.5. The molecule has 1 saturated heterocycles. The minimum absolute atomic E-state index is 0.00393. The van der Waals surface area contributed by atoms with E-state index < -0.39 is 23.7 Å². The van der Waals surface area contributed by atoms with E-state index in [2.05, 4.69) is 4.98 Å². The number of aliphatic hydroxyl groups excluding tert-OH is 1. The molecule has 3 aromatic rings. The molecule has 0 bridgehead atoms. The van der Waals surface area contributed by atoms with Gasteiger partial charge in [0.2, 0.25) is 0 Å². The summed E-state index contributed by atoms with van der Waals surface area (Å²) in [4.78, 5) is 44.4. The van der Waals surface area contributed by atoms with Gasteiger partial charge in [-0.05, 0) is 54.8 Å². The molecule has 0 radical (unpaired) electrons. The van der Waals surface area contributed by atoms with E-state index in [1.165, 1.54) is 19.2 Å². The number of aliphatic hydroxyl groups is 1. The number of phenols is 1. The highest BCUT2D eigenvalue weighted by Gasteiger charge is 2.48. The molecule has 2 heterocycles. The standard InChI is InChI=1S/C27H26N2O7S/c1-14(2)13-36-19-11-7-17(8-12-19)22(31)20-21(16-5-9-18(30)10-6-16)29(25(33)23(20)32)27-28-15(3)24(37-27)26(34)35-4/h5-12,14,21,30-31H,13H2,1-4H3/b22-20+. The maximum absolute atomic E-state index is 13.3. The van der Waals surface area contributed by atoms with Crippen molar-refractivity contribution in [3.63, 3.8) is 0 Å². The molecule has 9 nitrogen and oxygen atoms in total. The molecule has 1 atom stereocenters. The van der Waals surface area contributed by atoms with Gasteiger partial charge in [0.15, 0.2) is 5.13 Å². The monoisotopic (exact) mass is 522 g/mol. The molecule has 37 heavy (non-hydrogen) atoms. The summed E-state index contributed by atoms with van der Waals surface area (Å²) in [5, 5.41) is 21.1. The second kappa shape index (κ2) is 10.4. The second-order valence-electron chi connectivity index (χ2n) is 8.89. The quantitative estimate of drug-likeness (QED) is 0.199. The van der Waals surface area contributed by atoms with Crippen LogP contribution in [-0.2, 0) is 14.3 Å². The van der Waals surface area contributed by atoms with E-state index >= 15 is 0 Å². The Kier molecular flexibility index (Phi) is 7.30. The van der Waals surface area contributed by atoms with Gasteiger partial charge in [-0.1, -0.05) is 37.3 Å². The number of aromatic nitrogens is 1. The Hall–Kier alpha value is -4.18. The third-order valence-corrected chi connectivity index (χ3v) is 6.86. The largest absolute Gasteiger partial charge is 0.508 e. The number of amides is 1. The molecule has 1 fully saturated rings. The van der Waals surface area contributed by atoms with Crippen LogP contribution in [0.25, 0.3) is 5.76 Å². The van der Waals surface area contributed by atoms with Crippen molar-refractivity contribution in [1.82, 2.24) is 4.98 Å². The van der Waals surface area contributed by atoms with Crippen molar-refractivity contribution in [1.29, 1.82) is 0 Å². The lowest BCUT2D eigenvalue weighted by molar-refractivity contribution is -0.132. The number of thiazole rings is 1. The summed E-state index contributed by atoms with van der Waals surface area (Å²) in [6.45, 7) is 6.18. The number of hydrogen-bond donors (Lipinski definition) is 2. The zero-order valence-corrected chi connectivity index (χ0v) is 21.5. The first-order valence-corrected chi connectivity index (χ1v) is 12.3. The number of ether oxygens (including phenoxy) is 2. The van der Waals surface area contributed by atoms with Crippen molar-refractivity contribution in [3.05, 3.63) is 75.8 Å². The van der Waals surface area contributed by atoms with Crippen molar-refractivity contribution in [2.75, 3.05) is 18.6 Å². The molecule has 10 heteroatoms. The number of carbonyl (C=O) groups is 3. The number of benzene rings is 2. The van der Waals surface area contributed by atoms with Gasteiger partial charge in [0, 0.05) is 5.56 Å². The SMILES string of the molecule is COC(=O)c1sc(N2C(=O)C(=O)/C(=C(/O)c3ccc(OCC(C)C)cc3)C2c2ccc(O)cc2)nc1C. The molecule has 4 rings (SSSR count). The molecule has 1 aromatic heterocycles. The Labute approximate surface area is 217 Å². The summed E-state index contributed by atoms with van der Waals surface area (Å²) in [5.41, 5.74) is 0.987. The topological polar surface area (TPSA) is 126 Å². The first kappa shape index (κ1) is 25.9. The molecule has 0 spiro atoms. The fraction of sp³-hybridized carbons (Fsp3) is 0.259. The predicted molar refractivity (Wildman–Crippen MR) is 138 cm³/mol. The fourth-order valence-electron chi connectivity index (χ4n) is 3.90. The number of anilines is 1. The molecule has 0 aliphatic carbocycles. The van der Waals surface area contributed by atoms with Gasteiger partial charge in [-0.25, -0.2) is 9.78 Å². The Morgan fingerprint density at radius 1 is 1.11 bits per heavy atom. The maximum atomic E-state index is 13.3. The number of carbonyl (C=O) groups excluding carboxylic acids is 3. The fourth-order valence-corrected chi connectivity index (χ4v) is 4.91. The lowest BCUT2D eigenvalue weighted by Crippen LogP contribution is -2.29. The number of aromatic hydroxyl groups is 1. The van der Waals surface area contributed by atoms with Gasteiger partial charge in [0.25, 0.3) is 5.78 Å². The van der Waals surface area contributed by atoms with Crippen molar-refractivity contribution in [3.8, 4) is 11.5 Å². The van der Waals surface area contributed by atoms with E-state index in [1.807, 2.05) is 13.8 Å². The summed E-state index contributed by atoms with van der Waals surface area (Å²) in [5.74, 6) is -1.84. The van der Waals surface area contributed by atoms with Crippen LogP contribution in [-0.4, -0.2) is 46.6 Å². The van der Waals surface area contributed by atoms with Gasteiger partial charge in [-0.3, -0.25) is 14.5 Å². The van der Waals surface area contributed by atoms with E-state index in [1.54, 1.807) is 43.3 Å². The van der Waals surface area contributed by atoms with E-state index in [0.717, 1.165) is 16.2 Å². The van der Waals surface area contributed by atoms with Crippen LogP contribution in [0, 0.1) is 12.8 Å². The highest BCUT2D eigenvalue weighted by atomic mass is 32.1. The minimum atomic E-state index is -1.05.